The van der Waals surface area contributed by atoms with Gasteiger partial charge in [-0.2, -0.15) is 0 Å². The van der Waals surface area contributed by atoms with Crippen LogP contribution >= 0.6 is 0 Å². The molecule has 0 radical (unpaired) electrons. The molecule has 2 heterocycles. The quantitative estimate of drug-likeness (QED) is 0.550. The van der Waals surface area contributed by atoms with Crippen LogP contribution in [0.3, 0.4) is 0 Å². The number of amides is 1. The summed E-state index contributed by atoms with van der Waals surface area (Å²) >= 11 is 0. The van der Waals surface area contributed by atoms with E-state index in [-0.39, 0.29) is 16.6 Å². The fourth-order valence-electron chi connectivity index (χ4n) is 3.67. The lowest BCUT2D eigenvalue weighted by Gasteiger charge is -2.22. The molecular weight excluding hydrogens is 434 g/mol. The van der Waals surface area contributed by atoms with Gasteiger partial charge in [0, 0.05) is 11.7 Å². The van der Waals surface area contributed by atoms with Crippen molar-refractivity contribution in [1.29, 1.82) is 0 Å². The Hall–Kier alpha value is -3.57. The summed E-state index contributed by atoms with van der Waals surface area (Å²) in [5.74, 6) is -1.18. The molecule has 1 unspecified atom stereocenters. The lowest BCUT2D eigenvalue weighted by atomic mass is 10.1. The molecule has 1 aromatic heterocycles. The van der Waals surface area contributed by atoms with Crippen LogP contribution in [0.25, 0.3) is 0 Å². The summed E-state index contributed by atoms with van der Waals surface area (Å²) in [6.45, 7) is 1.79. The van der Waals surface area contributed by atoms with Gasteiger partial charge in [-0.1, -0.05) is 35.5 Å². The number of ether oxygens (including phenoxy) is 1. The zero-order valence-electron chi connectivity index (χ0n) is 17.2. The number of nitrogens with zero attached hydrogens (tertiary/aromatic N) is 4. The van der Waals surface area contributed by atoms with E-state index in [1.807, 2.05) is 37.3 Å². The molecule has 4 rings (SSSR count). The van der Waals surface area contributed by atoms with Crippen molar-refractivity contribution in [2.75, 3.05) is 11.5 Å². The largest absolute Gasteiger partial charge is 0.451 e. The second-order valence-corrected chi connectivity index (χ2v) is 9.08. The minimum atomic E-state index is -3.84. The summed E-state index contributed by atoms with van der Waals surface area (Å²) in [7, 11) is -3.84. The minimum absolute atomic E-state index is 0.00129. The van der Waals surface area contributed by atoms with Gasteiger partial charge in [-0.3, -0.25) is 4.79 Å². The fraction of sp³-hybridized carbons (Fsp3) is 0.238. The summed E-state index contributed by atoms with van der Waals surface area (Å²) in [6, 6.07) is 13.7. The molecule has 0 spiro atoms. The van der Waals surface area contributed by atoms with Crippen LogP contribution in [0.2, 0.25) is 0 Å². The molecule has 1 atom stereocenters. The van der Waals surface area contributed by atoms with E-state index < -0.39 is 28.5 Å². The number of anilines is 1. The summed E-state index contributed by atoms with van der Waals surface area (Å²) < 4.78 is 29.8. The number of sulfonamides is 1. The molecule has 10 nitrogen and oxygen atoms in total. The molecule has 0 saturated carbocycles. The summed E-state index contributed by atoms with van der Waals surface area (Å²) in [4.78, 5) is 26.5. The summed E-state index contributed by atoms with van der Waals surface area (Å²) in [6.07, 6.45) is 1.93. The molecule has 3 aromatic rings. The highest BCUT2D eigenvalue weighted by Crippen LogP contribution is 2.33. The molecule has 0 bridgehead atoms. The van der Waals surface area contributed by atoms with Gasteiger partial charge in [-0.25, -0.2) is 23.0 Å². The molecule has 1 aliphatic heterocycles. The Morgan fingerprint density at radius 2 is 1.94 bits per heavy atom. The highest BCUT2D eigenvalue weighted by atomic mass is 32.2. The molecule has 0 aliphatic carbocycles. The van der Waals surface area contributed by atoms with Crippen molar-refractivity contribution in [2.45, 2.75) is 30.8 Å². The van der Waals surface area contributed by atoms with Gasteiger partial charge in [0.25, 0.3) is 5.91 Å². The predicted molar refractivity (Wildman–Crippen MR) is 114 cm³/mol. The SMILES string of the molecule is CC1Cc2cc(S(N)(=O)=O)ccc2N1C(=O)COC(=O)c1cn(Cc2ccccc2)nn1. The summed E-state index contributed by atoms with van der Waals surface area (Å²) in [5.41, 5.74) is 2.26. The highest BCUT2D eigenvalue weighted by molar-refractivity contribution is 7.89. The number of carbonyl (C=O) groups excluding carboxylic acids is 2. The van der Waals surface area contributed by atoms with Crippen LogP contribution in [0, 0.1) is 0 Å². The van der Waals surface area contributed by atoms with Gasteiger partial charge in [0.2, 0.25) is 10.0 Å². The molecule has 32 heavy (non-hydrogen) atoms. The van der Waals surface area contributed by atoms with E-state index in [2.05, 4.69) is 10.3 Å². The van der Waals surface area contributed by atoms with Crippen LogP contribution in [-0.2, 0) is 32.5 Å². The van der Waals surface area contributed by atoms with E-state index in [9.17, 15) is 18.0 Å². The van der Waals surface area contributed by atoms with Crippen LogP contribution in [0.4, 0.5) is 5.69 Å². The maximum atomic E-state index is 12.7. The third-order valence-electron chi connectivity index (χ3n) is 5.13. The van der Waals surface area contributed by atoms with Gasteiger partial charge in [-0.15, -0.1) is 5.10 Å². The van der Waals surface area contributed by atoms with E-state index in [1.165, 1.54) is 34.0 Å². The van der Waals surface area contributed by atoms with Crippen molar-refractivity contribution >= 4 is 27.6 Å². The number of carbonyl (C=O) groups is 2. The van der Waals surface area contributed by atoms with Gasteiger partial charge >= 0.3 is 5.97 Å². The number of fused-ring (bicyclic) bond motifs is 1. The van der Waals surface area contributed by atoms with Crippen LogP contribution in [0.1, 0.15) is 28.5 Å². The van der Waals surface area contributed by atoms with E-state index in [1.54, 1.807) is 0 Å². The van der Waals surface area contributed by atoms with Crippen molar-refractivity contribution in [2.24, 2.45) is 5.14 Å². The minimum Gasteiger partial charge on any atom is -0.451 e. The number of rotatable bonds is 6. The van der Waals surface area contributed by atoms with Crippen molar-refractivity contribution in [1.82, 2.24) is 15.0 Å². The molecule has 2 aromatic carbocycles. The normalized spacial score (nSPS) is 15.4. The van der Waals surface area contributed by atoms with Gasteiger partial charge in [0.15, 0.2) is 12.3 Å². The van der Waals surface area contributed by atoms with Crippen LogP contribution in [0.5, 0.6) is 0 Å². The lowest BCUT2D eigenvalue weighted by Crippen LogP contribution is -2.38. The molecule has 166 valence electrons. The zero-order chi connectivity index (χ0) is 22.9. The van der Waals surface area contributed by atoms with Gasteiger partial charge in [0.05, 0.1) is 17.6 Å². The van der Waals surface area contributed by atoms with Crippen LogP contribution < -0.4 is 10.0 Å². The topological polar surface area (TPSA) is 137 Å². The highest BCUT2D eigenvalue weighted by Gasteiger charge is 2.32. The molecule has 0 fully saturated rings. The van der Waals surface area contributed by atoms with Crippen LogP contribution in [-0.4, -0.2) is 47.9 Å². The fourth-order valence-corrected chi connectivity index (χ4v) is 4.24. The first-order valence-corrected chi connectivity index (χ1v) is 11.4. The second-order valence-electron chi connectivity index (χ2n) is 7.52. The smallest absolute Gasteiger partial charge is 0.361 e. The predicted octanol–water partition coefficient (Wildman–Crippen LogP) is 1.11. The number of aromatic nitrogens is 3. The van der Waals surface area contributed by atoms with Crippen molar-refractivity contribution in [3.05, 3.63) is 71.5 Å². The third kappa shape index (κ3) is 4.53. The number of esters is 1. The van der Waals surface area contributed by atoms with E-state index in [0.717, 1.165) is 5.56 Å². The number of nitrogens with two attached hydrogens (primary N) is 1. The third-order valence-corrected chi connectivity index (χ3v) is 6.04. The van der Waals surface area contributed by atoms with Crippen molar-refractivity contribution in [3.8, 4) is 0 Å². The molecular formula is C21H21N5O5S. The van der Waals surface area contributed by atoms with E-state index >= 15 is 0 Å². The number of hydrogen-bond donors (Lipinski definition) is 1. The number of benzene rings is 2. The Balaban J connectivity index is 1.40. The Morgan fingerprint density at radius 1 is 1.19 bits per heavy atom. The number of hydrogen-bond acceptors (Lipinski definition) is 7. The standard InChI is InChI=1S/C21H21N5O5S/c1-14-9-16-10-17(32(22,29)30)7-8-19(16)26(14)20(27)13-31-21(28)18-12-25(24-23-18)11-15-5-3-2-4-6-15/h2-8,10,12,14H,9,11,13H2,1H3,(H2,22,29,30). The maximum absolute atomic E-state index is 12.7. The lowest BCUT2D eigenvalue weighted by molar-refractivity contribution is -0.122. The molecule has 2 N–H and O–H groups in total. The van der Waals surface area contributed by atoms with E-state index in [0.29, 0.717) is 24.2 Å². The average Bonchev–Trinajstić information content (AvgIpc) is 3.35. The van der Waals surface area contributed by atoms with E-state index in [4.69, 9.17) is 9.88 Å². The first-order valence-electron chi connectivity index (χ1n) is 9.81. The Labute approximate surface area is 184 Å². The van der Waals surface area contributed by atoms with Gasteiger partial charge < -0.3 is 9.64 Å². The molecule has 11 heteroatoms. The summed E-state index contributed by atoms with van der Waals surface area (Å²) in [5, 5.41) is 12.9. The Bertz CT molecular complexity index is 1270. The molecule has 1 amide bonds. The Kier molecular flexibility index (Phi) is 5.76. The maximum Gasteiger partial charge on any atom is 0.361 e. The second kappa shape index (κ2) is 8.52. The monoisotopic (exact) mass is 455 g/mol. The Morgan fingerprint density at radius 3 is 2.66 bits per heavy atom. The number of primary sulfonamides is 1. The van der Waals surface area contributed by atoms with Crippen molar-refractivity contribution in [3.63, 3.8) is 0 Å². The van der Waals surface area contributed by atoms with Crippen LogP contribution in [0.15, 0.2) is 59.6 Å². The average molecular weight is 455 g/mol. The first kappa shape index (κ1) is 21.7. The zero-order valence-corrected chi connectivity index (χ0v) is 18.0. The molecule has 1 aliphatic rings. The molecule has 0 saturated heterocycles. The first-order chi connectivity index (χ1) is 15.2. The van der Waals surface area contributed by atoms with Gasteiger partial charge in [0.1, 0.15) is 0 Å². The van der Waals surface area contributed by atoms with Gasteiger partial charge in [-0.05, 0) is 42.7 Å². The van der Waals surface area contributed by atoms with Crippen molar-refractivity contribution < 1.29 is 22.7 Å².